The van der Waals surface area contributed by atoms with E-state index in [1.165, 1.54) is 12.0 Å². The molecule has 1 aliphatic rings. The Hall–Kier alpha value is -2.89. The molecule has 5 nitrogen and oxygen atoms in total. The van der Waals surface area contributed by atoms with Crippen LogP contribution >= 0.6 is 0 Å². The topological polar surface area (TPSA) is 43.8 Å². The molecule has 1 fully saturated rings. The lowest BCUT2D eigenvalue weighted by molar-refractivity contribution is 0.0188. The molecule has 5 heteroatoms. The second-order valence-electron chi connectivity index (χ2n) is 8.69. The van der Waals surface area contributed by atoms with E-state index < -0.39 is 0 Å². The van der Waals surface area contributed by atoms with Gasteiger partial charge in [-0.15, -0.1) is 0 Å². The van der Waals surface area contributed by atoms with Crippen LogP contribution in [-0.2, 0) is 28.3 Å². The van der Waals surface area contributed by atoms with Gasteiger partial charge in [0, 0.05) is 12.8 Å². The van der Waals surface area contributed by atoms with Gasteiger partial charge in [-0.3, -0.25) is 9.82 Å². The molecule has 3 aromatic rings. The van der Waals surface area contributed by atoms with E-state index in [0.717, 1.165) is 48.4 Å². The van der Waals surface area contributed by atoms with Crippen LogP contribution in [0.3, 0.4) is 0 Å². The van der Waals surface area contributed by atoms with Gasteiger partial charge in [0.15, 0.2) is 5.75 Å². The van der Waals surface area contributed by atoms with Crippen LogP contribution in [0.4, 0.5) is 5.69 Å². The SMILES string of the molecule is CCOCc1nccc(N(OCc2ccccc2)C2(c3ccccc3)CCCCC2)c1OCC. The Morgan fingerprint density at radius 2 is 1.53 bits per heavy atom. The summed E-state index contributed by atoms with van der Waals surface area (Å²) in [5, 5.41) is 2.14. The monoisotopic (exact) mass is 460 g/mol. The molecule has 0 unspecified atom stereocenters. The average molecular weight is 461 g/mol. The zero-order valence-corrected chi connectivity index (χ0v) is 20.4. The molecular weight excluding hydrogens is 424 g/mol. The highest BCUT2D eigenvalue weighted by Gasteiger charge is 2.42. The summed E-state index contributed by atoms with van der Waals surface area (Å²) in [7, 11) is 0. The molecule has 1 aromatic heterocycles. The van der Waals surface area contributed by atoms with E-state index in [1.807, 2.05) is 32.2 Å². The van der Waals surface area contributed by atoms with Gasteiger partial charge in [-0.25, -0.2) is 5.06 Å². The molecule has 0 N–H and O–H groups in total. The third-order valence-corrected chi connectivity index (χ3v) is 6.49. The van der Waals surface area contributed by atoms with Crippen LogP contribution in [0.1, 0.15) is 62.8 Å². The quantitative estimate of drug-likeness (QED) is 0.294. The van der Waals surface area contributed by atoms with Crippen LogP contribution in [-0.4, -0.2) is 18.2 Å². The summed E-state index contributed by atoms with van der Waals surface area (Å²) in [6.07, 6.45) is 7.42. The lowest BCUT2D eigenvalue weighted by Gasteiger charge is -2.47. The highest BCUT2D eigenvalue weighted by atomic mass is 16.7. The second kappa shape index (κ2) is 12.0. The van der Waals surface area contributed by atoms with E-state index in [-0.39, 0.29) is 5.54 Å². The van der Waals surface area contributed by atoms with Gasteiger partial charge in [-0.05, 0) is 43.9 Å². The van der Waals surface area contributed by atoms with Crippen LogP contribution in [0.25, 0.3) is 0 Å². The van der Waals surface area contributed by atoms with Crippen molar-refractivity contribution < 1.29 is 14.3 Å². The summed E-state index contributed by atoms with van der Waals surface area (Å²) in [6.45, 7) is 6.05. The molecule has 0 spiro atoms. The van der Waals surface area contributed by atoms with Gasteiger partial charge in [-0.2, -0.15) is 0 Å². The number of ether oxygens (including phenoxy) is 2. The number of aromatic nitrogens is 1. The molecular formula is C29H36N2O3. The molecule has 0 amide bonds. The Kier molecular flexibility index (Phi) is 8.56. The number of pyridine rings is 1. The highest BCUT2D eigenvalue weighted by Crippen LogP contribution is 2.47. The molecule has 1 saturated carbocycles. The fourth-order valence-corrected chi connectivity index (χ4v) is 4.87. The molecule has 0 radical (unpaired) electrons. The van der Waals surface area contributed by atoms with Crippen molar-refractivity contribution >= 4 is 5.69 Å². The number of rotatable bonds is 11. The maximum absolute atomic E-state index is 6.74. The molecule has 180 valence electrons. The molecule has 2 aromatic carbocycles. The Labute approximate surface area is 203 Å². The molecule has 1 heterocycles. The van der Waals surface area contributed by atoms with Crippen molar-refractivity contribution in [1.29, 1.82) is 0 Å². The van der Waals surface area contributed by atoms with Crippen molar-refractivity contribution in [2.75, 3.05) is 18.3 Å². The Balaban J connectivity index is 1.82. The highest BCUT2D eigenvalue weighted by molar-refractivity contribution is 5.61. The number of anilines is 1. The summed E-state index contributed by atoms with van der Waals surface area (Å²) < 4.78 is 11.9. The summed E-state index contributed by atoms with van der Waals surface area (Å²) in [6, 6.07) is 23.1. The smallest absolute Gasteiger partial charge is 0.168 e. The van der Waals surface area contributed by atoms with Gasteiger partial charge in [-0.1, -0.05) is 79.9 Å². The normalized spacial score (nSPS) is 15.1. The van der Waals surface area contributed by atoms with Crippen LogP contribution in [0.15, 0.2) is 72.9 Å². The molecule has 1 aliphatic carbocycles. The van der Waals surface area contributed by atoms with E-state index >= 15 is 0 Å². The Bertz CT molecular complexity index is 1000. The van der Waals surface area contributed by atoms with E-state index in [2.05, 4.69) is 64.6 Å². The molecule has 34 heavy (non-hydrogen) atoms. The van der Waals surface area contributed by atoms with Crippen molar-refractivity contribution in [1.82, 2.24) is 4.98 Å². The van der Waals surface area contributed by atoms with E-state index in [1.54, 1.807) is 0 Å². The fraction of sp³-hybridized carbons (Fsp3) is 0.414. The maximum atomic E-state index is 6.74. The maximum Gasteiger partial charge on any atom is 0.168 e. The van der Waals surface area contributed by atoms with Crippen molar-refractivity contribution in [2.24, 2.45) is 0 Å². The minimum Gasteiger partial charge on any atom is -0.490 e. The van der Waals surface area contributed by atoms with Gasteiger partial charge < -0.3 is 9.47 Å². The van der Waals surface area contributed by atoms with Crippen LogP contribution in [0, 0.1) is 0 Å². The molecule has 0 aliphatic heterocycles. The van der Waals surface area contributed by atoms with Crippen molar-refractivity contribution in [3.63, 3.8) is 0 Å². The van der Waals surface area contributed by atoms with E-state index in [4.69, 9.17) is 14.3 Å². The summed E-state index contributed by atoms with van der Waals surface area (Å²) in [4.78, 5) is 11.3. The second-order valence-corrected chi connectivity index (χ2v) is 8.69. The largest absolute Gasteiger partial charge is 0.490 e. The van der Waals surface area contributed by atoms with Crippen LogP contribution in [0.2, 0.25) is 0 Å². The zero-order valence-electron chi connectivity index (χ0n) is 20.4. The zero-order chi connectivity index (χ0) is 23.6. The number of hydrogen-bond donors (Lipinski definition) is 0. The molecule has 0 atom stereocenters. The van der Waals surface area contributed by atoms with Crippen molar-refractivity contribution in [3.05, 3.63) is 89.7 Å². The number of nitrogens with zero attached hydrogens (tertiary/aromatic N) is 2. The van der Waals surface area contributed by atoms with Gasteiger partial charge in [0.25, 0.3) is 0 Å². The predicted octanol–water partition coefficient (Wildman–Crippen LogP) is 6.81. The van der Waals surface area contributed by atoms with Gasteiger partial charge in [0.1, 0.15) is 11.4 Å². The first-order chi connectivity index (χ1) is 16.8. The first-order valence-corrected chi connectivity index (χ1v) is 12.5. The van der Waals surface area contributed by atoms with Gasteiger partial charge in [0.05, 0.1) is 25.4 Å². The summed E-state index contributed by atoms with van der Waals surface area (Å²) >= 11 is 0. The summed E-state index contributed by atoms with van der Waals surface area (Å²) in [5.74, 6) is 0.743. The fourth-order valence-electron chi connectivity index (χ4n) is 4.87. The third-order valence-electron chi connectivity index (χ3n) is 6.49. The van der Waals surface area contributed by atoms with Crippen molar-refractivity contribution in [2.45, 2.75) is 64.7 Å². The Morgan fingerprint density at radius 3 is 2.21 bits per heavy atom. The van der Waals surface area contributed by atoms with Crippen LogP contribution < -0.4 is 9.80 Å². The van der Waals surface area contributed by atoms with Crippen molar-refractivity contribution in [3.8, 4) is 5.75 Å². The lowest BCUT2D eigenvalue weighted by Crippen LogP contribution is -2.48. The van der Waals surface area contributed by atoms with E-state index in [0.29, 0.717) is 26.4 Å². The van der Waals surface area contributed by atoms with Gasteiger partial charge >= 0.3 is 0 Å². The number of benzene rings is 2. The van der Waals surface area contributed by atoms with Gasteiger partial charge in [0.2, 0.25) is 0 Å². The minimum atomic E-state index is -0.287. The number of hydroxylamine groups is 1. The minimum absolute atomic E-state index is 0.287. The Morgan fingerprint density at radius 1 is 0.824 bits per heavy atom. The first kappa shape index (κ1) is 24.2. The first-order valence-electron chi connectivity index (χ1n) is 12.5. The van der Waals surface area contributed by atoms with E-state index in [9.17, 15) is 0 Å². The molecule has 4 rings (SSSR count). The third kappa shape index (κ3) is 5.43. The predicted molar refractivity (Wildman–Crippen MR) is 136 cm³/mol. The standard InChI is InChI=1S/C29H36N2O3/c1-3-32-23-26-28(33-4-2)27(18-21-30-26)31(34-22-24-14-8-5-9-15-24)29(19-12-7-13-20-29)25-16-10-6-11-17-25/h5-6,8-11,14-18,21H,3-4,7,12-13,19-20,22-23H2,1-2H3. The van der Waals surface area contributed by atoms with Crippen LogP contribution in [0.5, 0.6) is 5.75 Å². The lowest BCUT2D eigenvalue weighted by atomic mass is 9.76. The molecule has 0 bridgehead atoms. The average Bonchev–Trinajstić information content (AvgIpc) is 2.90. The summed E-state index contributed by atoms with van der Waals surface area (Å²) in [5.41, 5.74) is 3.83. The molecule has 0 saturated heterocycles. The number of hydrogen-bond acceptors (Lipinski definition) is 5.